The van der Waals surface area contributed by atoms with E-state index < -0.39 is 11.9 Å². The molecule has 0 spiro atoms. The molecule has 0 radical (unpaired) electrons. The van der Waals surface area contributed by atoms with E-state index in [0.717, 1.165) is 35.2 Å². The fraction of sp³-hybridized carbons (Fsp3) is 0.147. The Morgan fingerprint density at radius 1 is 0.833 bits per heavy atom. The van der Waals surface area contributed by atoms with Gasteiger partial charge in [0, 0.05) is 16.9 Å². The van der Waals surface area contributed by atoms with Crippen LogP contribution in [0, 0.1) is 5.53 Å². The van der Waals surface area contributed by atoms with Crippen molar-refractivity contribution in [1.82, 2.24) is 0 Å². The molecule has 3 amide bonds. The van der Waals surface area contributed by atoms with Crippen molar-refractivity contribution in [2.45, 2.75) is 32.2 Å². The molecular weight excluding hydrogens is 524 g/mol. The maximum absolute atomic E-state index is 13.8. The maximum Gasteiger partial charge on any atom is 0.326 e. The molecule has 42 heavy (non-hydrogen) atoms. The van der Waals surface area contributed by atoms with Crippen molar-refractivity contribution in [2.75, 3.05) is 10.2 Å². The standard InChI is InChI=1S/C34H32N6O2/c35-33(39-36)38-32(41)28-16-14-24(15-17-28)23-40(31-20-18-27(19-21-31)25-8-3-1-4-9-25)34(42)37-30-13-7-12-29(22-30)26-10-5-2-6-11-26/h2,5-8,10-22,36H,1,3-4,9,23H2,(H,37,42)(H2,35,38,41). The van der Waals surface area contributed by atoms with Crippen LogP contribution in [-0.4, -0.2) is 17.9 Å². The number of nitrogens with zero attached hydrogens (tertiary/aromatic N) is 3. The second-order valence-corrected chi connectivity index (χ2v) is 10.1. The maximum atomic E-state index is 13.8. The van der Waals surface area contributed by atoms with E-state index in [4.69, 9.17) is 11.3 Å². The molecule has 4 aromatic carbocycles. The van der Waals surface area contributed by atoms with Crippen LogP contribution in [0.15, 0.2) is 119 Å². The average Bonchev–Trinajstić information content (AvgIpc) is 3.05. The van der Waals surface area contributed by atoms with Gasteiger partial charge in [0.15, 0.2) is 0 Å². The molecular formula is C34H32N6O2. The molecule has 0 aromatic heterocycles. The Balaban J connectivity index is 1.40. The summed E-state index contributed by atoms with van der Waals surface area (Å²) in [5, 5.41) is 6.03. The Labute approximate surface area is 245 Å². The molecule has 1 aliphatic carbocycles. The summed E-state index contributed by atoms with van der Waals surface area (Å²) in [6, 6.07) is 32.4. The van der Waals surface area contributed by atoms with Crippen molar-refractivity contribution in [3.63, 3.8) is 0 Å². The summed E-state index contributed by atoms with van der Waals surface area (Å²) in [5.41, 5.74) is 19.4. The monoisotopic (exact) mass is 556 g/mol. The van der Waals surface area contributed by atoms with Gasteiger partial charge in [-0.25, -0.2) is 10.3 Å². The van der Waals surface area contributed by atoms with Crippen molar-refractivity contribution < 1.29 is 9.59 Å². The van der Waals surface area contributed by atoms with E-state index in [1.165, 1.54) is 24.0 Å². The fourth-order valence-electron chi connectivity index (χ4n) is 4.96. The molecule has 0 saturated carbocycles. The zero-order valence-electron chi connectivity index (χ0n) is 23.2. The van der Waals surface area contributed by atoms with Gasteiger partial charge in [-0.15, -0.1) is 5.11 Å². The van der Waals surface area contributed by atoms with Gasteiger partial charge >= 0.3 is 6.03 Å². The first-order chi connectivity index (χ1) is 20.5. The number of carbonyl (C=O) groups excluding carboxylic acids is 2. The Morgan fingerprint density at radius 3 is 2.26 bits per heavy atom. The third-order valence-electron chi connectivity index (χ3n) is 7.18. The number of nitrogens with one attached hydrogen (secondary N) is 2. The Morgan fingerprint density at radius 2 is 1.57 bits per heavy atom. The number of benzene rings is 4. The van der Waals surface area contributed by atoms with E-state index in [0.29, 0.717) is 11.3 Å². The molecule has 5 rings (SSSR count). The number of carbonyl (C=O) groups is 2. The number of aliphatic imine (C=N–C) groups is 1. The molecule has 0 aliphatic heterocycles. The van der Waals surface area contributed by atoms with E-state index in [2.05, 4.69) is 33.6 Å². The molecule has 0 fully saturated rings. The summed E-state index contributed by atoms with van der Waals surface area (Å²) in [6.07, 6.45) is 6.89. The normalized spacial score (nSPS) is 13.1. The van der Waals surface area contributed by atoms with Crippen LogP contribution in [0.2, 0.25) is 0 Å². The van der Waals surface area contributed by atoms with Crippen LogP contribution in [-0.2, 0) is 6.54 Å². The lowest BCUT2D eigenvalue weighted by atomic mass is 9.93. The number of anilines is 2. The van der Waals surface area contributed by atoms with Crippen molar-refractivity contribution >= 4 is 34.8 Å². The molecule has 4 N–H and O–H groups in total. The van der Waals surface area contributed by atoms with E-state index in [1.807, 2.05) is 66.7 Å². The van der Waals surface area contributed by atoms with Crippen LogP contribution in [0.4, 0.5) is 16.2 Å². The lowest BCUT2D eigenvalue weighted by Crippen LogP contribution is -2.34. The summed E-state index contributed by atoms with van der Waals surface area (Å²) in [6.45, 7) is 0.272. The predicted molar refractivity (Wildman–Crippen MR) is 168 cm³/mol. The van der Waals surface area contributed by atoms with Gasteiger partial charge in [-0.05, 0) is 89.9 Å². The second kappa shape index (κ2) is 13.3. The highest BCUT2D eigenvalue weighted by Crippen LogP contribution is 2.29. The van der Waals surface area contributed by atoms with Gasteiger partial charge < -0.3 is 11.1 Å². The molecule has 4 aromatic rings. The molecule has 1 aliphatic rings. The summed E-state index contributed by atoms with van der Waals surface area (Å²) in [5.74, 6) is -0.994. The highest BCUT2D eigenvalue weighted by atomic mass is 16.2. The molecule has 0 bridgehead atoms. The first kappa shape index (κ1) is 28.2. The van der Waals surface area contributed by atoms with Crippen LogP contribution in [0.5, 0.6) is 0 Å². The Bertz CT molecular complexity index is 1630. The fourth-order valence-corrected chi connectivity index (χ4v) is 4.96. The molecule has 8 heteroatoms. The summed E-state index contributed by atoms with van der Waals surface area (Å²) >= 11 is 0. The lowest BCUT2D eigenvalue weighted by molar-refractivity contribution is 0.100. The van der Waals surface area contributed by atoms with Crippen molar-refractivity contribution in [1.29, 1.82) is 5.53 Å². The topological polar surface area (TPSA) is 124 Å². The van der Waals surface area contributed by atoms with Gasteiger partial charge in [-0.1, -0.05) is 72.8 Å². The summed E-state index contributed by atoms with van der Waals surface area (Å²) in [4.78, 5) is 31.3. The van der Waals surface area contributed by atoms with Crippen LogP contribution in [0.25, 0.3) is 16.7 Å². The zero-order valence-corrected chi connectivity index (χ0v) is 23.2. The molecule has 0 atom stereocenters. The highest BCUT2D eigenvalue weighted by molar-refractivity contribution is 6.03. The molecule has 210 valence electrons. The summed E-state index contributed by atoms with van der Waals surface area (Å²) < 4.78 is 0. The number of guanidine groups is 1. The van der Waals surface area contributed by atoms with Crippen LogP contribution >= 0.6 is 0 Å². The lowest BCUT2D eigenvalue weighted by Gasteiger charge is -2.24. The zero-order chi connectivity index (χ0) is 29.3. The average molecular weight is 557 g/mol. The smallest absolute Gasteiger partial charge is 0.326 e. The van der Waals surface area contributed by atoms with Crippen molar-refractivity contribution in [2.24, 2.45) is 15.8 Å². The summed E-state index contributed by atoms with van der Waals surface area (Å²) in [7, 11) is 0. The third-order valence-corrected chi connectivity index (χ3v) is 7.18. The number of rotatable bonds is 7. The van der Waals surface area contributed by atoms with Gasteiger partial charge in [0.2, 0.25) is 5.96 Å². The number of allylic oxidation sites excluding steroid dienone is 2. The number of urea groups is 1. The minimum absolute atomic E-state index is 0.272. The van der Waals surface area contributed by atoms with Gasteiger partial charge in [-0.2, -0.15) is 4.99 Å². The third kappa shape index (κ3) is 7.03. The number of hydrogen-bond acceptors (Lipinski definition) is 3. The number of hydrogen-bond donors (Lipinski definition) is 3. The van der Waals surface area contributed by atoms with Gasteiger partial charge in [0.05, 0.1) is 6.54 Å². The van der Waals surface area contributed by atoms with Crippen LogP contribution in [0.1, 0.15) is 47.2 Å². The first-order valence-electron chi connectivity index (χ1n) is 13.9. The van der Waals surface area contributed by atoms with Crippen LogP contribution < -0.4 is 16.0 Å². The second-order valence-electron chi connectivity index (χ2n) is 10.1. The highest BCUT2D eigenvalue weighted by Gasteiger charge is 2.18. The molecule has 0 unspecified atom stereocenters. The minimum Gasteiger partial charge on any atom is -0.366 e. The molecule has 0 heterocycles. The van der Waals surface area contributed by atoms with Crippen molar-refractivity contribution in [3.8, 4) is 11.1 Å². The largest absolute Gasteiger partial charge is 0.366 e. The van der Waals surface area contributed by atoms with E-state index in [1.54, 1.807) is 29.2 Å². The van der Waals surface area contributed by atoms with Crippen LogP contribution in [0.3, 0.4) is 0 Å². The predicted octanol–water partition coefficient (Wildman–Crippen LogP) is 8.04. The number of amides is 3. The van der Waals surface area contributed by atoms with Gasteiger partial charge in [0.25, 0.3) is 5.91 Å². The van der Waals surface area contributed by atoms with E-state index in [-0.39, 0.29) is 12.6 Å². The van der Waals surface area contributed by atoms with Gasteiger partial charge in [-0.3, -0.25) is 9.69 Å². The quantitative estimate of drug-likeness (QED) is 0.121. The van der Waals surface area contributed by atoms with E-state index >= 15 is 0 Å². The van der Waals surface area contributed by atoms with Crippen molar-refractivity contribution in [3.05, 3.63) is 126 Å². The SMILES string of the molecule is N=NC(N)=NC(=O)c1ccc(CN(C(=O)Nc2cccc(-c3ccccc3)c2)c2ccc(C3=CCCCC3)cc2)cc1. The minimum atomic E-state index is -0.587. The molecule has 8 nitrogen and oxygen atoms in total. The molecule has 0 saturated heterocycles. The first-order valence-corrected chi connectivity index (χ1v) is 13.9. The van der Waals surface area contributed by atoms with Gasteiger partial charge in [0.1, 0.15) is 0 Å². The number of nitrogens with two attached hydrogens (primary N) is 1. The Hall–Kier alpha value is -5.37. The van der Waals surface area contributed by atoms with E-state index in [9.17, 15) is 9.59 Å². The Kier molecular flexibility index (Phi) is 8.94.